The summed E-state index contributed by atoms with van der Waals surface area (Å²) in [5.41, 5.74) is 7.27. The first-order valence-electron chi connectivity index (χ1n) is 5.64. The highest BCUT2D eigenvalue weighted by molar-refractivity contribution is 6.39. The smallest absolute Gasteiger partial charge is 0.0749 e. The molecular formula is C12H16Cl2N2. The summed E-state index contributed by atoms with van der Waals surface area (Å²) in [7, 11) is 0. The molecule has 1 atom stereocenters. The summed E-state index contributed by atoms with van der Waals surface area (Å²) < 4.78 is 0. The Bertz CT molecular complexity index is 370. The fourth-order valence-electron chi connectivity index (χ4n) is 2.41. The van der Waals surface area contributed by atoms with Gasteiger partial charge >= 0.3 is 0 Å². The maximum absolute atomic E-state index is 6.23. The zero-order valence-corrected chi connectivity index (χ0v) is 10.9. The van der Waals surface area contributed by atoms with Crippen molar-refractivity contribution in [2.24, 2.45) is 0 Å². The molecule has 1 aromatic rings. The van der Waals surface area contributed by atoms with Crippen LogP contribution >= 0.6 is 23.2 Å². The van der Waals surface area contributed by atoms with Gasteiger partial charge in [0.2, 0.25) is 0 Å². The van der Waals surface area contributed by atoms with Crippen LogP contribution in [-0.2, 0) is 0 Å². The number of hydrogen-bond acceptors (Lipinski definition) is 2. The zero-order chi connectivity index (χ0) is 11.7. The Morgan fingerprint density at radius 2 is 2.00 bits per heavy atom. The minimum absolute atomic E-state index is 0.554. The number of nitrogen functional groups attached to an aromatic ring is 1. The van der Waals surface area contributed by atoms with Crippen LogP contribution in [0.15, 0.2) is 12.1 Å². The molecule has 0 saturated carbocycles. The van der Waals surface area contributed by atoms with Crippen LogP contribution < -0.4 is 10.6 Å². The summed E-state index contributed by atoms with van der Waals surface area (Å²) in [4.78, 5) is 2.31. The molecule has 0 amide bonds. The second kappa shape index (κ2) is 4.72. The van der Waals surface area contributed by atoms with Crippen molar-refractivity contribution in [1.82, 2.24) is 0 Å². The standard InChI is InChI=1S/C12H16Cl2N2/c1-2-9-4-3-5-16(9)12-10(13)6-8(15)7-11(12)14/h6-7,9H,2-5,15H2,1H3. The molecule has 1 aliphatic rings. The van der Waals surface area contributed by atoms with Gasteiger partial charge in [0.1, 0.15) is 0 Å². The highest BCUT2D eigenvalue weighted by Gasteiger charge is 2.26. The number of nitrogens with zero attached hydrogens (tertiary/aromatic N) is 1. The lowest BCUT2D eigenvalue weighted by Gasteiger charge is -2.28. The van der Waals surface area contributed by atoms with E-state index in [1.165, 1.54) is 12.8 Å². The van der Waals surface area contributed by atoms with E-state index in [1.807, 2.05) is 0 Å². The molecule has 1 heterocycles. The average molecular weight is 259 g/mol. The molecule has 2 N–H and O–H groups in total. The first-order valence-corrected chi connectivity index (χ1v) is 6.40. The number of nitrogens with two attached hydrogens (primary N) is 1. The second-order valence-electron chi connectivity index (χ2n) is 4.23. The van der Waals surface area contributed by atoms with E-state index in [4.69, 9.17) is 28.9 Å². The highest BCUT2D eigenvalue weighted by Crippen LogP contribution is 2.39. The van der Waals surface area contributed by atoms with Crippen LogP contribution in [0.5, 0.6) is 0 Å². The largest absolute Gasteiger partial charge is 0.399 e. The molecule has 2 nitrogen and oxygen atoms in total. The predicted molar refractivity (Wildman–Crippen MR) is 71.5 cm³/mol. The number of hydrogen-bond donors (Lipinski definition) is 1. The first kappa shape index (κ1) is 11.9. The van der Waals surface area contributed by atoms with Crippen molar-refractivity contribution in [3.8, 4) is 0 Å². The number of anilines is 2. The van der Waals surface area contributed by atoms with E-state index in [2.05, 4.69) is 11.8 Å². The topological polar surface area (TPSA) is 29.3 Å². The minimum atomic E-state index is 0.554. The van der Waals surface area contributed by atoms with Gasteiger partial charge in [-0.2, -0.15) is 0 Å². The molecule has 1 fully saturated rings. The van der Waals surface area contributed by atoms with Gasteiger partial charge in [-0.15, -0.1) is 0 Å². The molecule has 88 valence electrons. The Labute approximate surface area is 106 Å². The summed E-state index contributed by atoms with van der Waals surface area (Å²) in [6.45, 7) is 3.23. The summed E-state index contributed by atoms with van der Waals surface area (Å²) in [5, 5.41) is 1.32. The molecule has 4 heteroatoms. The van der Waals surface area contributed by atoms with Crippen LogP contribution in [-0.4, -0.2) is 12.6 Å². The van der Waals surface area contributed by atoms with Gasteiger partial charge in [0.25, 0.3) is 0 Å². The van der Waals surface area contributed by atoms with Crippen LogP contribution in [0.4, 0.5) is 11.4 Å². The van der Waals surface area contributed by atoms with Gasteiger partial charge in [-0.05, 0) is 31.4 Å². The molecule has 0 aromatic heterocycles. The van der Waals surface area contributed by atoms with Crippen molar-refractivity contribution in [1.29, 1.82) is 0 Å². The summed E-state index contributed by atoms with van der Waals surface area (Å²) in [5.74, 6) is 0. The van der Waals surface area contributed by atoms with Gasteiger partial charge in [-0.3, -0.25) is 0 Å². The van der Waals surface area contributed by atoms with Crippen LogP contribution in [0.3, 0.4) is 0 Å². The molecule has 1 unspecified atom stereocenters. The molecule has 1 aliphatic heterocycles. The van der Waals surface area contributed by atoms with Crippen LogP contribution in [0.1, 0.15) is 26.2 Å². The number of rotatable bonds is 2. The number of halogens is 2. The fourth-order valence-corrected chi connectivity index (χ4v) is 3.14. The zero-order valence-electron chi connectivity index (χ0n) is 9.34. The van der Waals surface area contributed by atoms with Gasteiger partial charge in [0, 0.05) is 18.3 Å². The van der Waals surface area contributed by atoms with Crippen molar-refractivity contribution in [3.05, 3.63) is 22.2 Å². The Kier molecular flexibility index (Phi) is 3.50. The lowest BCUT2D eigenvalue weighted by atomic mass is 10.1. The van der Waals surface area contributed by atoms with E-state index in [1.54, 1.807) is 12.1 Å². The van der Waals surface area contributed by atoms with Crippen molar-refractivity contribution >= 4 is 34.6 Å². The summed E-state index contributed by atoms with van der Waals surface area (Å²) in [6, 6.07) is 4.10. The van der Waals surface area contributed by atoms with Crippen molar-refractivity contribution in [2.45, 2.75) is 32.2 Å². The van der Waals surface area contributed by atoms with Crippen LogP contribution in [0.25, 0.3) is 0 Å². The molecule has 0 bridgehead atoms. The third kappa shape index (κ3) is 2.09. The lowest BCUT2D eigenvalue weighted by Crippen LogP contribution is -2.28. The molecule has 0 spiro atoms. The molecule has 0 radical (unpaired) electrons. The maximum atomic E-state index is 6.23. The van der Waals surface area contributed by atoms with E-state index in [-0.39, 0.29) is 0 Å². The monoisotopic (exact) mass is 258 g/mol. The van der Waals surface area contributed by atoms with E-state index in [0.717, 1.165) is 18.7 Å². The Hall–Kier alpha value is -0.600. The molecular weight excluding hydrogens is 243 g/mol. The molecule has 1 saturated heterocycles. The first-order chi connectivity index (χ1) is 7.63. The van der Waals surface area contributed by atoms with Gasteiger partial charge in [-0.25, -0.2) is 0 Å². The number of benzene rings is 1. The highest BCUT2D eigenvalue weighted by atomic mass is 35.5. The minimum Gasteiger partial charge on any atom is -0.399 e. The van der Waals surface area contributed by atoms with Crippen LogP contribution in [0, 0.1) is 0 Å². The molecule has 0 aliphatic carbocycles. The maximum Gasteiger partial charge on any atom is 0.0749 e. The lowest BCUT2D eigenvalue weighted by molar-refractivity contribution is 0.646. The van der Waals surface area contributed by atoms with Crippen molar-refractivity contribution < 1.29 is 0 Å². The van der Waals surface area contributed by atoms with E-state index in [9.17, 15) is 0 Å². The quantitative estimate of drug-likeness (QED) is 0.814. The molecule has 16 heavy (non-hydrogen) atoms. The fraction of sp³-hybridized carbons (Fsp3) is 0.500. The Balaban J connectivity index is 2.39. The van der Waals surface area contributed by atoms with Gasteiger partial charge in [0.05, 0.1) is 15.7 Å². The third-order valence-corrected chi connectivity index (χ3v) is 3.75. The third-order valence-electron chi connectivity index (χ3n) is 3.17. The SMILES string of the molecule is CCC1CCCN1c1c(Cl)cc(N)cc1Cl. The molecule has 1 aromatic carbocycles. The summed E-state index contributed by atoms with van der Waals surface area (Å²) in [6.07, 6.45) is 3.54. The Morgan fingerprint density at radius 1 is 1.38 bits per heavy atom. The Morgan fingerprint density at radius 3 is 2.56 bits per heavy atom. The van der Waals surface area contributed by atoms with E-state index < -0.39 is 0 Å². The second-order valence-corrected chi connectivity index (χ2v) is 5.05. The predicted octanol–water partition coefficient (Wildman–Crippen LogP) is 3.95. The van der Waals surface area contributed by atoms with E-state index in [0.29, 0.717) is 21.8 Å². The summed E-state index contributed by atoms with van der Waals surface area (Å²) >= 11 is 12.5. The molecule has 2 rings (SSSR count). The van der Waals surface area contributed by atoms with Gasteiger partial charge in [-0.1, -0.05) is 30.1 Å². The van der Waals surface area contributed by atoms with Crippen molar-refractivity contribution in [2.75, 3.05) is 17.2 Å². The normalized spacial score (nSPS) is 20.4. The van der Waals surface area contributed by atoms with Gasteiger partial charge < -0.3 is 10.6 Å². The van der Waals surface area contributed by atoms with Crippen LogP contribution in [0.2, 0.25) is 10.0 Å². The van der Waals surface area contributed by atoms with Gasteiger partial charge in [0.15, 0.2) is 0 Å². The van der Waals surface area contributed by atoms with E-state index >= 15 is 0 Å². The average Bonchev–Trinajstić information content (AvgIpc) is 2.64. The van der Waals surface area contributed by atoms with Crippen molar-refractivity contribution in [3.63, 3.8) is 0 Å².